The SMILES string of the molecule is CCCC(CC(=O)N1CCCC(C(=O)O)C1)n1ccnc1. The van der Waals surface area contributed by atoms with Crippen molar-refractivity contribution >= 4 is 11.9 Å². The number of imidazole rings is 1. The lowest BCUT2D eigenvalue weighted by Crippen LogP contribution is -2.42. The molecule has 1 fully saturated rings. The minimum absolute atomic E-state index is 0.0492. The summed E-state index contributed by atoms with van der Waals surface area (Å²) in [5, 5.41) is 9.10. The molecule has 0 bridgehead atoms. The first kappa shape index (κ1) is 15.5. The summed E-state index contributed by atoms with van der Waals surface area (Å²) in [4.78, 5) is 29.3. The van der Waals surface area contributed by atoms with E-state index in [1.807, 2.05) is 10.8 Å². The third-order valence-electron chi connectivity index (χ3n) is 4.10. The lowest BCUT2D eigenvalue weighted by molar-refractivity contribution is -0.145. The molecule has 2 atom stereocenters. The number of carbonyl (C=O) groups is 2. The highest BCUT2D eigenvalue weighted by Crippen LogP contribution is 2.22. The van der Waals surface area contributed by atoms with Gasteiger partial charge in [0.25, 0.3) is 0 Å². The van der Waals surface area contributed by atoms with E-state index in [-0.39, 0.29) is 11.9 Å². The van der Waals surface area contributed by atoms with Crippen LogP contribution >= 0.6 is 0 Å². The van der Waals surface area contributed by atoms with Gasteiger partial charge in [-0.3, -0.25) is 9.59 Å². The molecule has 0 aromatic carbocycles. The number of rotatable bonds is 6. The Kier molecular flexibility index (Phi) is 5.36. The van der Waals surface area contributed by atoms with Crippen molar-refractivity contribution in [2.24, 2.45) is 5.92 Å². The van der Waals surface area contributed by atoms with Crippen molar-refractivity contribution in [2.75, 3.05) is 13.1 Å². The number of carbonyl (C=O) groups excluding carboxylic acids is 1. The van der Waals surface area contributed by atoms with Gasteiger partial charge in [-0.1, -0.05) is 13.3 Å². The van der Waals surface area contributed by atoms with E-state index in [1.54, 1.807) is 17.4 Å². The number of carboxylic acids is 1. The Labute approximate surface area is 124 Å². The van der Waals surface area contributed by atoms with Gasteiger partial charge >= 0.3 is 5.97 Å². The summed E-state index contributed by atoms with van der Waals surface area (Å²) in [6.07, 6.45) is 9.09. The van der Waals surface area contributed by atoms with Crippen LogP contribution in [0.5, 0.6) is 0 Å². The number of hydrogen-bond donors (Lipinski definition) is 1. The van der Waals surface area contributed by atoms with Crippen LogP contribution in [0.4, 0.5) is 0 Å². The number of likely N-dealkylation sites (tertiary alicyclic amines) is 1. The van der Waals surface area contributed by atoms with E-state index in [0.717, 1.165) is 19.3 Å². The quantitative estimate of drug-likeness (QED) is 0.869. The van der Waals surface area contributed by atoms with Gasteiger partial charge in [0.1, 0.15) is 0 Å². The predicted octanol–water partition coefficient (Wildman–Crippen LogP) is 1.94. The second-order valence-corrected chi connectivity index (χ2v) is 5.67. The van der Waals surface area contributed by atoms with Gasteiger partial charge in [-0.2, -0.15) is 0 Å². The van der Waals surface area contributed by atoms with Gasteiger partial charge < -0.3 is 14.6 Å². The van der Waals surface area contributed by atoms with Crippen LogP contribution in [-0.2, 0) is 9.59 Å². The molecule has 2 rings (SSSR count). The summed E-state index contributed by atoms with van der Waals surface area (Å²) in [5.74, 6) is -1.17. The second-order valence-electron chi connectivity index (χ2n) is 5.67. The average molecular weight is 293 g/mol. The number of nitrogens with zero attached hydrogens (tertiary/aromatic N) is 3. The molecular weight excluding hydrogens is 270 g/mol. The van der Waals surface area contributed by atoms with Crippen molar-refractivity contribution in [3.05, 3.63) is 18.7 Å². The summed E-state index contributed by atoms with van der Waals surface area (Å²) in [7, 11) is 0. The molecule has 2 heterocycles. The Hall–Kier alpha value is -1.85. The van der Waals surface area contributed by atoms with E-state index in [2.05, 4.69) is 11.9 Å². The molecule has 1 aromatic heterocycles. The van der Waals surface area contributed by atoms with Gasteiger partial charge in [-0.25, -0.2) is 4.98 Å². The maximum Gasteiger partial charge on any atom is 0.308 e. The normalized spacial score (nSPS) is 20.2. The Balaban J connectivity index is 1.97. The highest BCUT2D eigenvalue weighted by atomic mass is 16.4. The molecule has 6 nitrogen and oxygen atoms in total. The Morgan fingerprint density at radius 1 is 1.48 bits per heavy atom. The van der Waals surface area contributed by atoms with E-state index in [4.69, 9.17) is 5.11 Å². The van der Waals surface area contributed by atoms with E-state index in [9.17, 15) is 9.59 Å². The van der Waals surface area contributed by atoms with Crippen LogP contribution in [0, 0.1) is 5.92 Å². The molecule has 0 spiro atoms. The first-order valence-corrected chi connectivity index (χ1v) is 7.59. The Bertz CT molecular complexity index is 473. The molecule has 1 aliphatic rings. The molecule has 1 aromatic rings. The molecule has 21 heavy (non-hydrogen) atoms. The summed E-state index contributed by atoms with van der Waals surface area (Å²) in [6.45, 7) is 3.11. The minimum Gasteiger partial charge on any atom is -0.481 e. The van der Waals surface area contributed by atoms with Crippen LogP contribution in [-0.4, -0.2) is 44.5 Å². The molecule has 0 aliphatic carbocycles. The fourth-order valence-electron chi connectivity index (χ4n) is 2.91. The molecule has 2 unspecified atom stereocenters. The summed E-state index contributed by atoms with van der Waals surface area (Å²) in [6, 6.07) is 0.107. The summed E-state index contributed by atoms with van der Waals surface area (Å²) < 4.78 is 1.97. The van der Waals surface area contributed by atoms with Crippen molar-refractivity contribution in [3.8, 4) is 0 Å². The number of piperidine rings is 1. The van der Waals surface area contributed by atoms with E-state index < -0.39 is 11.9 Å². The largest absolute Gasteiger partial charge is 0.481 e. The number of carboxylic acid groups (broad SMARTS) is 1. The van der Waals surface area contributed by atoms with Gasteiger partial charge in [-0.15, -0.1) is 0 Å². The van der Waals surface area contributed by atoms with E-state index >= 15 is 0 Å². The average Bonchev–Trinajstić information content (AvgIpc) is 3.01. The fraction of sp³-hybridized carbons (Fsp3) is 0.667. The number of hydrogen-bond acceptors (Lipinski definition) is 3. The van der Waals surface area contributed by atoms with Crippen molar-refractivity contribution in [1.82, 2.24) is 14.5 Å². The van der Waals surface area contributed by atoms with Crippen LogP contribution in [0.1, 0.15) is 45.1 Å². The highest BCUT2D eigenvalue weighted by Gasteiger charge is 2.29. The van der Waals surface area contributed by atoms with Gasteiger partial charge in [0.15, 0.2) is 0 Å². The van der Waals surface area contributed by atoms with E-state index in [0.29, 0.717) is 25.9 Å². The van der Waals surface area contributed by atoms with Crippen LogP contribution in [0.15, 0.2) is 18.7 Å². The second kappa shape index (κ2) is 7.24. The Morgan fingerprint density at radius 3 is 2.90 bits per heavy atom. The molecule has 116 valence electrons. The van der Waals surface area contributed by atoms with Gasteiger partial charge in [0.05, 0.1) is 12.2 Å². The number of aromatic nitrogens is 2. The third-order valence-corrected chi connectivity index (χ3v) is 4.10. The molecular formula is C15H23N3O3. The number of aliphatic carboxylic acids is 1. The first-order valence-electron chi connectivity index (χ1n) is 7.59. The minimum atomic E-state index is -0.799. The van der Waals surface area contributed by atoms with Crippen molar-refractivity contribution in [2.45, 2.75) is 45.1 Å². The van der Waals surface area contributed by atoms with Crippen molar-refractivity contribution in [3.63, 3.8) is 0 Å². The maximum absolute atomic E-state index is 12.4. The standard InChI is InChI=1S/C15H23N3O3/c1-2-4-13(18-8-6-16-11-18)9-14(19)17-7-3-5-12(10-17)15(20)21/h6,8,11-13H,2-5,7,9-10H2,1H3,(H,20,21). The zero-order valence-corrected chi connectivity index (χ0v) is 12.4. The summed E-state index contributed by atoms with van der Waals surface area (Å²) in [5.41, 5.74) is 0. The fourth-order valence-corrected chi connectivity index (χ4v) is 2.91. The smallest absolute Gasteiger partial charge is 0.308 e. The maximum atomic E-state index is 12.4. The van der Waals surface area contributed by atoms with E-state index in [1.165, 1.54) is 0 Å². The van der Waals surface area contributed by atoms with Crippen molar-refractivity contribution in [1.29, 1.82) is 0 Å². The van der Waals surface area contributed by atoms with Crippen LogP contribution in [0.25, 0.3) is 0 Å². The third kappa shape index (κ3) is 4.06. The monoisotopic (exact) mass is 293 g/mol. The first-order chi connectivity index (χ1) is 10.1. The molecule has 0 radical (unpaired) electrons. The lowest BCUT2D eigenvalue weighted by atomic mass is 9.97. The highest BCUT2D eigenvalue weighted by molar-refractivity contribution is 5.78. The Morgan fingerprint density at radius 2 is 2.29 bits per heavy atom. The summed E-state index contributed by atoms with van der Waals surface area (Å²) >= 11 is 0. The number of amides is 1. The zero-order valence-electron chi connectivity index (χ0n) is 12.4. The molecule has 0 saturated carbocycles. The topological polar surface area (TPSA) is 75.4 Å². The lowest BCUT2D eigenvalue weighted by Gasteiger charge is -2.32. The van der Waals surface area contributed by atoms with Crippen molar-refractivity contribution < 1.29 is 14.7 Å². The molecule has 1 aliphatic heterocycles. The predicted molar refractivity (Wildman–Crippen MR) is 77.7 cm³/mol. The van der Waals surface area contributed by atoms with Gasteiger partial charge in [0.2, 0.25) is 5.91 Å². The zero-order chi connectivity index (χ0) is 15.2. The molecule has 1 amide bonds. The molecule has 6 heteroatoms. The molecule has 1 N–H and O–H groups in total. The van der Waals surface area contributed by atoms with Crippen LogP contribution in [0.2, 0.25) is 0 Å². The van der Waals surface area contributed by atoms with Gasteiger partial charge in [-0.05, 0) is 19.3 Å². The molecule has 1 saturated heterocycles. The van der Waals surface area contributed by atoms with Crippen LogP contribution in [0.3, 0.4) is 0 Å². The van der Waals surface area contributed by atoms with Gasteiger partial charge in [0, 0.05) is 37.9 Å². The van der Waals surface area contributed by atoms with Crippen LogP contribution < -0.4 is 0 Å².